The van der Waals surface area contributed by atoms with Gasteiger partial charge in [-0.25, -0.2) is 0 Å². The number of nitro groups is 1. The summed E-state index contributed by atoms with van der Waals surface area (Å²) in [7, 11) is 0. The molecular formula is C14H19BrN2O2. The number of nitrogens with zero attached hydrogens (tertiary/aromatic N) is 2. The minimum atomic E-state index is -0.336. The van der Waals surface area contributed by atoms with Gasteiger partial charge < -0.3 is 0 Å². The van der Waals surface area contributed by atoms with Crippen LogP contribution in [0.1, 0.15) is 31.7 Å². The summed E-state index contributed by atoms with van der Waals surface area (Å²) in [4.78, 5) is 13.0. The van der Waals surface area contributed by atoms with Crippen molar-refractivity contribution in [3.8, 4) is 0 Å². The molecule has 0 bridgehead atoms. The summed E-state index contributed by atoms with van der Waals surface area (Å²) in [5.74, 6) is 0.857. The van der Waals surface area contributed by atoms with Crippen molar-refractivity contribution in [2.45, 2.75) is 32.7 Å². The Labute approximate surface area is 122 Å². The lowest BCUT2D eigenvalue weighted by Gasteiger charge is -2.31. The van der Waals surface area contributed by atoms with Gasteiger partial charge in [-0.3, -0.25) is 15.0 Å². The molecule has 0 radical (unpaired) electrons. The van der Waals surface area contributed by atoms with Crippen LogP contribution in [0, 0.1) is 16.0 Å². The minimum Gasteiger partial charge on any atom is -0.299 e. The molecule has 0 atom stereocenters. The molecule has 5 heteroatoms. The van der Waals surface area contributed by atoms with Gasteiger partial charge in [0.2, 0.25) is 0 Å². The summed E-state index contributed by atoms with van der Waals surface area (Å²) >= 11 is 3.22. The van der Waals surface area contributed by atoms with Gasteiger partial charge in [0.1, 0.15) is 0 Å². The molecule has 1 aromatic carbocycles. The summed E-state index contributed by atoms with van der Waals surface area (Å²) < 4.78 is 0.547. The van der Waals surface area contributed by atoms with E-state index in [1.165, 1.54) is 19.3 Å². The highest BCUT2D eigenvalue weighted by molar-refractivity contribution is 9.10. The molecule has 1 heterocycles. The first kappa shape index (κ1) is 14.5. The molecule has 19 heavy (non-hydrogen) atoms. The topological polar surface area (TPSA) is 46.4 Å². The second kappa shape index (κ2) is 6.48. The molecule has 0 N–H and O–H groups in total. The van der Waals surface area contributed by atoms with Crippen LogP contribution in [-0.4, -0.2) is 22.9 Å². The number of hydrogen-bond acceptors (Lipinski definition) is 3. The van der Waals surface area contributed by atoms with Crippen molar-refractivity contribution in [2.75, 3.05) is 13.1 Å². The lowest BCUT2D eigenvalue weighted by Crippen LogP contribution is -2.33. The first-order chi connectivity index (χ1) is 9.10. The van der Waals surface area contributed by atoms with Gasteiger partial charge in [0.05, 0.1) is 9.40 Å². The normalized spacial score (nSPS) is 17.6. The third-order valence-corrected chi connectivity index (χ3v) is 4.57. The number of piperidine rings is 1. The zero-order valence-corrected chi connectivity index (χ0v) is 12.7. The highest BCUT2D eigenvalue weighted by atomic mass is 79.9. The number of likely N-dealkylation sites (tertiary alicyclic amines) is 1. The molecule has 1 aliphatic heterocycles. The molecule has 1 aliphatic rings. The standard InChI is InChI=1S/C14H19BrN2O2/c1-2-11-5-7-16(8-6-11)10-12-3-4-13(15)14(9-12)17(18)19/h3-4,9,11H,2,5-8,10H2,1H3. The van der Waals surface area contributed by atoms with E-state index in [0.29, 0.717) is 4.47 Å². The number of hydrogen-bond donors (Lipinski definition) is 0. The average Bonchev–Trinajstić information content (AvgIpc) is 2.41. The third kappa shape index (κ3) is 3.76. The second-order valence-corrected chi connectivity index (χ2v) is 6.02. The van der Waals surface area contributed by atoms with Gasteiger partial charge in [-0.2, -0.15) is 0 Å². The fourth-order valence-corrected chi connectivity index (χ4v) is 3.00. The predicted molar refractivity (Wildman–Crippen MR) is 79.1 cm³/mol. The third-order valence-electron chi connectivity index (χ3n) is 3.90. The van der Waals surface area contributed by atoms with Gasteiger partial charge in [0.25, 0.3) is 5.69 Å². The largest absolute Gasteiger partial charge is 0.299 e. The van der Waals surface area contributed by atoms with Crippen LogP contribution in [-0.2, 0) is 6.54 Å². The Morgan fingerprint density at radius 1 is 1.42 bits per heavy atom. The molecule has 1 aromatic rings. The molecule has 0 spiro atoms. The van der Waals surface area contributed by atoms with Crippen LogP contribution >= 0.6 is 15.9 Å². The summed E-state index contributed by atoms with van der Waals surface area (Å²) in [6, 6.07) is 5.41. The van der Waals surface area contributed by atoms with E-state index in [0.717, 1.165) is 31.1 Å². The Morgan fingerprint density at radius 3 is 2.68 bits per heavy atom. The summed E-state index contributed by atoms with van der Waals surface area (Å²) in [6.45, 7) is 5.26. The van der Waals surface area contributed by atoms with Gasteiger partial charge in [-0.1, -0.05) is 19.4 Å². The lowest BCUT2D eigenvalue weighted by molar-refractivity contribution is -0.385. The van der Waals surface area contributed by atoms with Crippen molar-refractivity contribution in [1.82, 2.24) is 4.90 Å². The minimum absolute atomic E-state index is 0.154. The fourth-order valence-electron chi connectivity index (χ4n) is 2.61. The summed E-state index contributed by atoms with van der Waals surface area (Å²) in [5.41, 5.74) is 1.17. The fraction of sp³-hybridized carbons (Fsp3) is 0.571. The van der Waals surface area contributed by atoms with Crippen LogP contribution < -0.4 is 0 Å². The maximum atomic E-state index is 10.9. The second-order valence-electron chi connectivity index (χ2n) is 5.17. The van der Waals surface area contributed by atoms with Crippen LogP contribution in [0.3, 0.4) is 0 Å². The van der Waals surface area contributed by atoms with Crippen molar-refractivity contribution in [3.05, 3.63) is 38.3 Å². The van der Waals surface area contributed by atoms with E-state index in [2.05, 4.69) is 27.8 Å². The maximum Gasteiger partial charge on any atom is 0.283 e. The Balaban J connectivity index is 2.00. The van der Waals surface area contributed by atoms with Crippen LogP contribution in [0.4, 0.5) is 5.69 Å². The monoisotopic (exact) mass is 326 g/mol. The maximum absolute atomic E-state index is 10.9. The first-order valence-electron chi connectivity index (χ1n) is 6.75. The van der Waals surface area contributed by atoms with E-state index in [1.807, 2.05) is 6.07 Å². The highest BCUT2D eigenvalue weighted by Gasteiger charge is 2.19. The lowest BCUT2D eigenvalue weighted by atomic mass is 9.94. The summed E-state index contributed by atoms with van der Waals surface area (Å²) in [6.07, 6.45) is 3.75. The Bertz CT molecular complexity index is 457. The zero-order chi connectivity index (χ0) is 13.8. The van der Waals surface area contributed by atoms with Crippen LogP contribution in [0.5, 0.6) is 0 Å². The average molecular weight is 327 g/mol. The van der Waals surface area contributed by atoms with Crippen molar-refractivity contribution >= 4 is 21.6 Å². The zero-order valence-electron chi connectivity index (χ0n) is 11.1. The van der Waals surface area contributed by atoms with E-state index in [-0.39, 0.29) is 10.6 Å². The van der Waals surface area contributed by atoms with Crippen LogP contribution in [0.25, 0.3) is 0 Å². The van der Waals surface area contributed by atoms with Gasteiger partial charge in [0.15, 0.2) is 0 Å². The van der Waals surface area contributed by atoms with Crippen molar-refractivity contribution < 1.29 is 4.92 Å². The Hall–Kier alpha value is -0.940. The van der Waals surface area contributed by atoms with E-state index in [4.69, 9.17) is 0 Å². The highest BCUT2D eigenvalue weighted by Crippen LogP contribution is 2.27. The molecular weight excluding hydrogens is 308 g/mol. The number of halogens is 1. The smallest absolute Gasteiger partial charge is 0.283 e. The number of benzene rings is 1. The van der Waals surface area contributed by atoms with Crippen molar-refractivity contribution in [1.29, 1.82) is 0 Å². The van der Waals surface area contributed by atoms with Crippen molar-refractivity contribution in [3.63, 3.8) is 0 Å². The number of rotatable bonds is 4. The van der Waals surface area contributed by atoms with E-state index >= 15 is 0 Å². The van der Waals surface area contributed by atoms with E-state index < -0.39 is 0 Å². The van der Waals surface area contributed by atoms with Gasteiger partial charge >= 0.3 is 0 Å². The van der Waals surface area contributed by atoms with E-state index in [1.54, 1.807) is 12.1 Å². The van der Waals surface area contributed by atoms with Crippen molar-refractivity contribution in [2.24, 2.45) is 5.92 Å². The SMILES string of the molecule is CCC1CCN(Cc2ccc(Br)c([N+](=O)[O-])c2)CC1. The van der Waals surface area contributed by atoms with Crippen LogP contribution in [0.15, 0.2) is 22.7 Å². The molecule has 1 fully saturated rings. The Morgan fingerprint density at radius 2 is 2.11 bits per heavy atom. The molecule has 0 amide bonds. The predicted octanol–water partition coefficient (Wildman–Crippen LogP) is 3.98. The molecule has 0 saturated carbocycles. The number of nitro benzene ring substituents is 1. The quantitative estimate of drug-likeness (QED) is 0.621. The molecule has 104 valence electrons. The van der Waals surface area contributed by atoms with E-state index in [9.17, 15) is 10.1 Å². The van der Waals surface area contributed by atoms with Gasteiger partial charge in [-0.05, 0) is 59.4 Å². The molecule has 0 unspecified atom stereocenters. The molecule has 4 nitrogen and oxygen atoms in total. The van der Waals surface area contributed by atoms with Gasteiger partial charge in [0, 0.05) is 12.6 Å². The van der Waals surface area contributed by atoms with Crippen LogP contribution in [0.2, 0.25) is 0 Å². The summed E-state index contributed by atoms with van der Waals surface area (Å²) in [5, 5.41) is 10.9. The first-order valence-corrected chi connectivity index (χ1v) is 7.54. The molecule has 0 aromatic heterocycles. The molecule has 0 aliphatic carbocycles. The Kier molecular flexibility index (Phi) is 4.93. The molecule has 1 saturated heterocycles. The molecule has 2 rings (SSSR count). The van der Waals surface area contributed by atoms with Gasteiger partial charge in [-0.15, -0.1) is 0 Å².